The van der Waals surface area contributed by atoms with Crippen LogP contribution >= 0.6 is 12.2 Å². The lowest BCUT2D eigenvalue weighted by Crippen LogP contribution is -2.52. The number of rotatable bonds is 2. The second-order valence-electron chi connectivity index (χ2n) is 7.44. The maximum absolute atomic E-state index is 12.8. The van der Waals surface area contributed by atoms with Crippen molar-refractivity contribution >= 4 is 18.2 Å². The van der Waals surface area contributed by atoms with Gasteiger partial charge in [-0.1, -0.05) is 12.2 Å². The van der Waals surface area contributed by atoms with Crippen LogP contribution in [0.2, 0.25) is 0 Å². The predicted octanol–water partition coefficient (Wildman–Crippen LogP) is 3.70. The van der Waals surface area contributed by atoms with E-state index in [1.165, 1.54) is 24.0 Å². The molecule has 4 saturated carbocycles. The summed E-state index contributed by atoms with van der Waals surface area (Å²) < 4.78 is 2.02. The second-order valence-corrected chi connectivity index (χ2v) is 7.86. The fraction of sp³-hybridized carbons (Fsp3) is 0.647. The van der Waals surface area contributed by atoms with Crippen molar-refractivity contribution < 1.29 is 9.63 Å². The van der Waals surface area contributed by atoms with Gasteiger partial charge in [0, 0.05) is 6.20 Å². The molecule has 0 atom stereocenters. The van der Waals surface area contributed by atoms with Gasteiger partial charge in [0.05, 0.1) is 5.41 Å². The van der Waals surface area contributed by atoms with E-state index in [1.807, 2.05) is 19.1 Å². The van der Waals surface area contributed by atoms with Crippen LogP contribution in [0.1, 0.15) is 44.1 Å². The fourth-order valence-electron chi connectivity index (χ4n) is 5.19. The van der Waals surface area contributed by atoms with Gasteiger partial charge in [0.15, 0.2) is 0 Å². The molecule has 0 saturated heterocycles. The van der Waals surface area contributed by atoms with E-state index in [2.05, 4.69) is 0 Å². The van der Waals surface area contributed by atoms with Crippen LogP contribution in [0.4, 0.5) is 0 Å². The van der Waals surface area contributed by atoms with Crippen LogP contribution in [0.5, 0.6) is 0 Å². The Kier molecular flexibility index (Phi) is 3.00. The minimum absolute atomic E-state index is 0.0541. The number of nitrogens with zero attached hydrogens (tertiary/aromatic N) is 1. The van der Waals surface area contributed by atoms with E-state index >= 15 is 0 Å². The van der Waals surface area contributed by atoms with E-state index in [0.717, 1.165) is 42.6 Å². The van der Waals surface area contributed by atoms with Gasteiger partial charge in [0.25, 0.3) is 0 Å². The van der Waals surface area contributed by atoms with Gasteiger partial charge in [0.1, 0.15) is 4.64 Å². The van der Waals surface area contributed by atoms with Crippen LogP contribution in [-0.4, -0.2) is 10.7 Å². The largest absolute Gasteiger partial charge is 0.339 e. The van der Waals surface area contributed by atoms with Crippen molar-refractivity contribution in [2.45, 2.75) is 45.4 Å². The molecule has 4 heteroatoms. The molecule has 0 unspecified atom stereocenters. The zero-order valence-corrected chi connectivity index (χ0v) is 13.2. The van der Waals surface area contributed by atoms with E-state index in [9.17, 15) is 4.79 Å². The number of carbonyl (C=O) groups excluding carboxylic acids is 1. The molecule has 1 aromatic rings. The van der Waals surface area contributed by atoms with E-state index in [0.29, 0.717) is 4.64 Å². The molecular formula is C17H21NO2S. The number of pyridine rings is 1. The molecule has 1 aromatic heterocycles. The van der Waals surface area contributed by atoms with Gasteiger partial charge in [-0.3, -0.25) is 0 Å². The minimum Gasteiger partial charge on any atom is -0.335 e. The van der Waals surface area contributed by atoms with Crippen molar-refractivity contribution in [2.75, 3.05) is 0 Å². The highest BCUT2D eigenvalue weighted by molar-refractivity contribution is 7.71. The van der Waals surface area contributed by atoms with Crippen LogP contribution in [0, 0.1) is 34.7 Å². The number of hydrogen-bond donors (Lipinski definition) is 0. The van der Waals surface area contributed by atoms with Gasteiger partial charge in [0.2, 0.25) is 0 Å². The summed E-state index contributed by atoms with van der Waals surface area (Å²) in [6, 6.07) is 3.78. The van der Waals surface area contributed by atoms with Crippen LogP contribution < -0.4 is 4.84 Å². The van der Waals surface area contributed by atoms with E-state index < -0.39 is 0 Å². The standard InChI is InChI=1S/C17H21NO2S/c1-11-2-3-18(15(21)4-11)20-16(19)17-8-12-5-13(9-17)7-14(6-12)10-17/h2-4,12-14H,5-10H2,1H3. The SMILES string of the molecule is Cc1ccn(OC(=O)C23CC4CC(CC(C4)C2)C3)c(=S)c1. The van der Waals surface area contributed by atoms with Crippen LogP contribution in [0.3, 0.4) is 0 Å². The molecule has 4 aliphatic carbocycles. The first-order valence-corrected chi connectivity index (χ1v) is 8.37. The number of aromatic nitrogens is 1. The third kappa shape index (κ3) is 2.24. The molecule has 0 amide bonds. The van der Waals surface area contributed by atoms with Crippen molar-refractivity contribution in [1.82, 2.24) is 4.73 Å². The van der Waals surface area contributed by atoms with Crippen molar-refractivity contribution in [3.63, 3.8) is 0 Å². The number of aryl methyl sites for hydroxylation is 1. The molecule has 3 nitrogen and oxygen atoms in total. The smallest absolute Gasteiger partial charge is 0.335 e. The monoisotopic (exact) mass is 303 g/mol. The van der Waals surface area contributed by atoms with Gasteiger partial charge < -0.3 is 4.84 Å². The van der Waals surface area contributed by atoms with Crippen molar-refractivity contribution in [3.05, 3.63) is 28.5 Å². The third-order valence-corrected chi connectivity index (χ3v) is 5.99. The molecule has 4 aliphatic rings. The molecule has 4 bridgehead atoms. The average molecular weight is 303 g/mol. The van der Waals surface area contributed by atoms with Gasteiger partial charge in [-0.2, -0.15) is 4.73 Å². The Labute approximate surface area is 130 Å². The third-order valence-electron chi connectivity index (χ3n) is 5.69. The van der Waals surface area contributed by atoms with E-state index in [1.54, 1.807) is 6.20 Å². The number of carbonyl (C=O) groups is 1. The molecule has 0 spiro atoms. The van der Waals surface area contributed by atoms with Gasteiger partial charge in [-0.15, -0.1) is 0 Å². The van der Waals surface area contributed by atoms with Gasteiger partial charge >= 0.3 is 5.97 Å². The maximum Gasteiger partial charge on any atom is 0.339 e. The molecular weight excluding hydrogens is 282 g/mol. The Morgan fingerprint density at radius 3 is 2.33 bits per heavy atom. The molecule has 5 rings (SSSR count). The van der Waals surface area contributed by atoms with E-state index in [-0.39, 0.29) is 11.4 Å². The summed E-state index contributed by atoms with van der Waals surface area (Å²) in [4.78, 5) is 18.5. The second kappa shape index (κ2) is 4.67. The molecule has 112 valence electrons. The Morgan fingerprint density at radius 1 is 1.24 bits per heavy atom. The maximum atomic E-state index is 12.8. The molecule has 0 aromatic carbocycles. The first kappa shape index (κ1) is 13.5. The zero-order chi connectivity index (χ0) is 14.6. The van der Waals surface area contributed by atoms with E-state index in [4.69, 9.17) is 17.1 Å². The lowest BCUT2D eigenvalue weighted by atomic mass is 9.49. The van der Waals surface area contributed by atoms with Crippen LogP contribution in [0.25, 0.3) is 0 Å². The highest BCUT2D eigenvalue weighted by Gasteiger charge is 2.55. The van der Waals surface area contributed by atoms with Crippen molar-refractivity contribution in [2.24, 2.45) is 23.2 Å². The highest BCUT2D eigenvalue weighted by atomic mass is 32.1. The minimum atomic E-state index is -0.228. The fourth-order valence-corrected chi connectivity index (χ4v) is 5.47. The van der Waals surface area contributed by atoms with Crippen LogP contribution in [-0.2, 0) is 4.79 Å². The molecule has 21 heavy (non-hydrogen) atoms. The van der Waals surface area contributed by atoms with Crippen molar-refractivity contribution in [3.8, 4) is 0 Å². The summed E-state index contributed by atoms with van der Waals surface area (Å²) in [6.07, 6.45) is 8.82. The lowest BCUT2D eigenvalue weighted by Gasteiger charge is -2.54. The summed E-state index contributed by atoms with van der Waals surface area (Å²) in [5, 5.41) is 0. The molecule has 0 N–H and O–H groups in total. The Hall–Kier alpha value is -1.16. The quantitative estimate of drug-likeness (QED) is 0.781. The molecule has 0 radical (unpaired) electrons. The Morgan fingerprint density at radius 2 is 1.81 bits per heavy atom. The number of hydrogen-bond acceptors (Lipinski definition) is 3. The van der Waals surface area contributed by atoms with Gasteiger partial charge in [-0.05, 0) is 80.9 Å². The summed E-state index contributed by atoms with van der Waals surface area (Å²) in [5.41, 5.74) is 0.858. The highest BCUT2D eigenvalue weighted by Crippen LogP contribution is 2.60. The summed E-state index contributed by atoms with van der Waals surface area (Å²) in [6.45, 7) is 1.99. The van der Waals surface area contributed by atoms with Crippen molar-refractivity contribution in [1.29, 1.82) is 0 Å². The van der Waals surface area contributed by atoms with Crippen LogP contribution in [0.15, 0.2) is 18.3 Å². The van der Waals surface area contributed by atoms with Gasteiger partial charge in [-0.25, -0.2) is 4.79 Å². The zero-order valence-electron chi connectivity index (χ0n) is 12.4. The normalized spacial score (nSPS) is 36.7. The molecule has 4 fully saturated rings. The summed E-state index contributed by atoms with van der Waals surface area (Å²) >= 11 is 5.29. The lowest BCUT2D eigenvalue weighted by molar-refractivity contribution is -0.172. The summed E-state index contributed by atoms with van der Waals surface area (Å²) in [7, 11) is 0. The molecule has 1 heterocycles. The average Bonchev–Trinajstić information content (AvgIpc) is 2.40. The first-order valence-electron chi connectivity index (χ1n) is 7.96. The Bertz CT molecular complexity index is 613. The predicted molar refractivity (Wildman–Crippen MR) is 82.2 cm³/mol. The molecule has 0 aliphatic heterocycles. The summed E-state index contributed by atoms with van der Waals surface area (Å²) in [5.74, 6) is 2.18. The Balaban J connectivity index is 1.59. The first-order chi connectivity index (χ1) is 10.0. The topological polar surface area (TPSA) is 31.2 Å².